The van der Waals surface area contributed by atoms with Crippen molar-refractivity contribution in [1.82, 2.24) is 14.9 Å². The third kappa shape index (κ3) is 4.09. The quantitative estimate of drug-likeness (QED) is 0.689. The van der Waals surface area contributed by atoms with Gasteiger partial charge in [-0.05, 0) is 74.3 Å². The van der Waals surface area contributed by atoms with Gasteiger partial charge in [0, 0.05) is 25.2 Å². The molecule has 1 heterocycles. The molecule has 0 spiro atoms. The first-order valence-electron chi connectivity index (χ1n) is 11.7. The van der Waals surface area contributed by atoms with Gasteiger partial charge >= 0.3 is 6.03 Å². The lowest BCUT2D eigenvalue weighted by Crippen LogP contribution is -2.54. The number of amides is 2. The van der Waals surface area contributed by atoms with E-state index in [1.165, 1.54) is 36.4 Å². The van der Waals surface area contributed by atoms with E-state index in [2.05, 4.69) is 10.6 Å². The van der Waals surface area contributed by atoms with Crippen LogP contribution in [0.25, 0.3) is 0 Å². The first-order valence-corrected chi connectivity index (χ1v) is 13.5. The number of benzene rings is 1. The molecule has 2 amide bonds. The highest BCUT2D eigenvalue weighted by Gasteiger charge is 2.52. The lowest BCUT2D eigenvalue weighted by Gasteiger charge is -2.35. The number of carbonyl (C=O) groups excluding carboxylic acids is 1. The fraction of sp³-hybridized carbons (Fsp3) is 0.696. The lowest BCUT2D eigenvalue weighted by atomic mass is 9.79. The summed E-state index contributed by atoms with van der Waals surface area (Å²) < 4.78 is 27.4. The zero-order chi connectivity index (χ0) is 21.6. The molecule has 5 unspecified atom stereocenters. The molecule has 0 aromatic heterocycles. The number of sulfonamides is 1. The minimum atomic E-state index is -3.61. The Morgan fingerprint density at radius 2 is 1.97 bits per heavy atom. The van der Waals surface area contributed by atoms with Gasteiger partial charge in [-0.3, -0.25) is 0 Å². The van der Waals surface area contributed by atoms with Crippen LogP contribution in [0.2, 0.25) is 5.02 Å². The van der Waals surface area contributed by atoms with E-state index in [9.17, 15) is 13.2 Å². The first kappa shape index (κ1) is 21.5. The summed E-state index contributed by atoms with van der Waals surface area (Å²) in [6.45, 7) is 1.36. The smallest absolute Gasteiger partial charge is 0.315 e. The van der Waals surface area contributed by atoms with Crippen molar-refractivity contribution < 1.29 is 13.2 Å². The number of halogens is 1. The molecule has 8 heteroatoms. The predicted octanol–water partition coefficient (Wildman–Crippen LogP) is 4.01. The zero-order valence-corrected chi connectivity index (χ0v) is 19.4. The van der Waals surface area contributed by atoms with Crippen molar-refractivity contribution in [2.24, 2.45) is 23.7 Å². The van der Waals surface area contributed by atoms with E-state index < -0.39 is 10.0 Å². The molecule has 1 saturated heterocycles. The molecule has 6 nitrogen and oxygen atoms in total. The van der Waals surface area contributed by atoms with Crippen molar-refractivity contribution in [3.63, 3.8) is 0 Å². The summed E-state index contributed by atoms with van der Waals surface area (Å²) in [6, 6.07) is 6.47. The SMILES string of the molecule is O=C(NCC1CCN(S(=O)(=O)c2ccccc2Cl)C1)NC12CCCC3CC(CC1C3)C2. The van der Waals surface area contributed by atoms with Crippen LogP contribution in [-0.2, 0) is 10.0 Å². The maximum Gasteiger partial charge on any atom is 0.315 e. The molecule has 1 aliphatic heterocycles. The predicted molar refractivity (Wildman–Crippen MR) is 120 cm³/mol. The molecule has 4 fully saturated rings. The van der Waals surface area contributed by atoms with Crippen molar-refractivity contribution in [1.29, 1.82) is 0 Å². The van der Waals surface area contributed by atoms with Gasteiger partial charge in [-0.15, -0.1) is 0 Å². The van der Waals surface area contributed by atoms with Crippen molar-refractivity contribution in [3.05, 3.63) is 29.3 Å². The van der Waals surface area contributed by atoms with E-state index in [4.69, 9.17) is 11.6 Å². The van der Waals surface area contributed by atoms with Crippen LogP contribution >= 0.6 is 11.6 Å². The highest BCUT2D eigenvalue weighted by atomic mass is 35.5. The normalized spacial score (nSPS) is 35.1. The number of rotatable bonds is 5. The Morgan fingerprint density at radius 3 is 2.81 bits per heavy atom. The molecule has 2 N–H and O–H groups in total. The number of carbonyl (C=O) groups is 1. The largest absolute Gasteiger partial charge is 0.338 e. The second-order valence-electron chi connectivity index (χ2n) is 10.2. The van der Waals surface area contributed by atoms with Crippen LogP contribution in [0.4, 0.5) is 4.79 Å². The van der Waals surface area contributed by atoms with Gasteiger partial charge in [0.25, 0.3) is 0 Å². The summed E-state index contributed by atoms with van der Waals surface area (Å²) in [6.07, 6.45) is 9.39. The fourth-order valence-corrected chi connectivity index (χ4v) is 8.83. The zero-order valence-electron chi connectivity index (χ0n) is 17.9. The third-order valence-corrected chi connectivity index (χ3v) is 10.6. The molecule has 31 heavy (non-hydrogen) atoms. The van der Waals surface area contributed by atoms with E-state index in [1.54, 1.807) is 24.3 Å². The maximum absolute atomic E-state index is 12.9. The standard InChI is InChI=1S/C23H32ClN3O3S/c24-20-5-1-2-6-21(20)31(29,30)27-9-7-17(15-27)14-25-22(28)26-23-8-3-4-16-10-18(13-23)12-19(23)11-16/h1-2,5-6,16-19H,3-4,7-15H2,(H2,25,26,28). The van der Waals surface area contributed by atoms with E-state index >= 15 is 0 Å². The Kier molecular flexibility index (Phi) is 5.72. The van der Waals surface area contributed by atoms with Crippen LogP contribution in [0.15, 0.2) is 29.2 Å². The van der Waals surface area contributed by atoms with Crippen molar-refractivity contribution in [2.75, 3.05) is 19.6 Å². The molecular formula is C23H32ClN3O3S. The van der Waals surface area contributed by atoms with Gasteiger partial charge in [-0.1, -0.05) is 36.6 Å². The topological polar surface area (TPSA) is 78.5 Å². The Hall–Kier alpha value is -1.31. The summed E-state index contributed by atoms with van der Waals surface area (Å²) in [5.41, 5.74) is -0.0187. The summed E-state index contributed by atoms with van der Waals surface area (Å²) in [5.74, 6) is 2.39. The molecule has 5 atom stereocenters. The maximum atomic E-state index is 12.9. The Bertz CT molecular complexity index is 955. The number of nitrogens with one attached hydrogen (secondary N) is 2. The fourth-order valence-electron chi connectivity index (χ4n) is 6.81. The van der Waals surface area contributed by atoms with Gasteiger partial charge in [0.1, 0.15) is 4.90 Å². The second-order valence-corrected chi connectivity index (χ2v) is 12.5. The van der Waals surface area contributed by atoms with Crippen molar-refractivity contribution in [2.45, 2.75) is 61.8 Å². The van der Waals surface area contributed by atoms with Crippen LogP contribution in [-0.4, -0.2) is 43.9 Å². The molecule has 3 aliphatic carbocycles. The molecular weight excluding hydrogens is 434 g/mol. The van der Waals surface area contributed by atoms with Crippen LogP contribution in [0.1, 0.15) is 51.4 Å². The Morgan fingerprint density at radius 1 is 1.16 bits per heavy atom. The molecule has 170 valence electrons. The summed E-state index contributed by atoms with van der Waals surface area (Å²) in [4.78, 5) is 13.0. The van der Waals surface area contributed by atoms with E-state index in [1.807, 2.05) is 0 Å². The number of urea groups is 1. The van der Waals surface area contributed by atoms with Gasteiger partial charge in [-0.2, -0.15) is 4.31 Å². The lowest BCUT2D eigenvalue weighted by molar-refractivity contribution is 0.196. The van der Waals surface area contributed by atoms with Crippen LogP contribution < -0.4 is 10.6 Å². The average Bonchev–Trinajstić information content (AvgIpc) is 3.27. The highest BCUT2D eigenvalue weighted by Crippen LogP contribution is 2.55. The molecule has 1 aromatic rings. The molecule has 3 saturated carbocycles. The highest BCUT2D eigenvalue weighted by molar-refractivity contribution is 7.89. The molecule has 1 aromatic carbocycles. The number of nitrogens with zero attached hydrogens (tertiary/aromatic N) is 1. The summed E-state index contributed by atoms with van der Waals surface area (Å²) in [5, 5.41) is 6.69. The van der Waals surface area contributed by atoms with Crippen molar-refractivity contribution >= 4 is 27.7 Å². The molecule has 4 aliphatic rings. The average molecular weight is 466 g/mol. The second kappa shape index (κ2) is 8.23. The van der Waals surface area contributed by atoms with E-state index in [0.717, 1.165) is 31.1 Å². The molecule has 5 rings (SSSR count). The number of hydrogen-bond donors (Lipinski definition) is 2. The van der Waals surface area contributed by atoms with Gasteiger partial charge in [0.2, 0.25) is 10.0 Å². The van der Waals surface area contributed by atoms with Crippen LogP contribution in [0.3, 0.4) is 0 Å². The minimum absolute atomic E-state index is 0.0187. The molecule has 3 bridgehead atoms. The van der Waals surface area contributed by atoms with Gasteiger partial charge < -0.3 is 10.6 Å². The number of fused-ring (bicyclic) bond motifs is 2. The Labute approximate surface area is 190 Å². The third-order valence-electron chi connectivity index (χ3n) is 8.19. The van der Waals surface area contributed by atoms with Gasteiger partial charge in [-0.25, -0.2) is 13.2 Å². The number of hydrogen-bond acceptors (Lipinski definition) is 3. The van der Waals surface area contributed by atoms with E-state index in [0.29, 0.717) is 25.6 Å². The summed E-state index contributed by atoms with van der Waals surface area (Å²) in [7, 11) is -3.61. The van der Waals surface area contributed by atoms with E-state index in [-0.39, 0.29) is 27.4 Å². The first-order chi connectivity index (χ1) is 14.9. The van der Waals surface area contributed by atoms with Crippen molar-refractivity contribution in [3.8, 4) is 0 Å². The minimum Gasteiger partial charge on any atom is -0.338 e. The summed E-state index contributed by atoms with van der Waals surface area (Å²) >= 11 is 6.12. The molecule has 0 radical (unpaired) electrons. The monoisotopic (exact) mass is 465 g/mol. The Balaban J connectivity index is 1.16. The van der Waals surface area contributed by atoms with Gasteiger partial charge in [0.05, 0.1) is 5.02 Å². The van der Waals surface area contributed by atoms with Crippen LogP contribution in [0, 0.1) is 23.7 Å². The van der Waals surface area contributed by atoms with Crippen LogP contribution in [0.5, 0.6) is 0 Å². The van der Waals surface area contributed by atoms with Gasteiger partial charge in [0.15, 0.2) is 0 Å².